The van der Waals surface area contributed by atoms with Crippen molar-refractivity contribution in [3.63, 3.8) is 0 Å². The SMILES string of the molecule is CCc1c(F)ccc2cc(O)cc(-c3ncc4c(N5CCC[C@@](C)(O)C5)nc(OC[C@]56CCCN5[C@@H](COC)CC6)nc4c3F)c12. The van der Waals surface area contributed by atoms with Crippen molar-refractivity contribution in [2.45, 2.75) is 76.0 Å². The second-order valence-electron chi connectivity index (χ2n) is 13.5. The van der Waals surface area contributed by atoms with Crippen LogP contribution in [0.1, 0.15) is 57.9 Å². The van der Waals surface area contributed by atoms with Gasteiger partial charge in [0.25, 0.3) is 0 Å². The largest absolute Gasteiger partial charge is 0.508 e. The molecule has 0 spiro atoms. The van der Waals surface area contributed by atoms with Gasteiger partial charge in [0.15, 0.2) is 5.82 Å². The fourth-order valence-corrected chi connectivity index (χ4v) is 8.13. The number of β-amino-alcohol motifs (C(OH)–C–C–N with tert-alkyl or cyclic N) is 1. The van der Waals surface area contributed by atoms with Gasteiger partial charge in [-0.25, -0.2) is 8.78 Å². The van der Waals surface area contributed by atoms with Crippen molar-refractivity contribution in [1.82, 2.24) is 19.9 Å². The summed E-state index contributed by atoms with van der Waals surface area (Å²) in [6.45, 7) is 6.58. The molecule has 2 N–H and O–H groups in total. The summed E-state index contributed by atoms with van der Waals surface area (Å²) in [5, 5.41) is 23.0. The van der Waals surface area contributed by atoms with E-state index in [9.17, 15) is 14.6 Å². The molecule has 244 valence electrons. The minimum absolute atomic E-state index is 0.0191. The van der Waals surface area contributed by atoms with Gasteiger partial charge in [0.05, 0.1) is 23.1 Å². The summed E-state index contributed by atoms with van der Waals surface area (Å²) in [6.07, 6.45) is 7.34. The van der Waals surface area contributed by atoms with Crippen LogP contribution >= 0.6 is 0 Å². The first-order valence-electron chi connectivity index (χ1n) is 16.3. The highest BCUT2D eigenvalue weighted by Gasteiger charge is 2.49. The maximum absolute atomic E-state index is 16.8. The molecule has 0 unspecified atom stereocenters. The molecule has 0 radical (unpaired) electrons. The van der Waals surface area contributed by atoms with E-state index in [2.05, 4.69) is 14.9 Å². The number of hydrogen-bond acceptors (Lipinski definition) is 9. The van der Waals surface area contributed by atoms with Gasteiger partial charge in [-0.1, -0.05) is 13.0 Å². The van der Waals surface area contributed by atoms with Crippen molar-refractivity contribution < 1.29 is 28.5 Å². The number of halogens is 2. The number of anilines is 1. The number of phenols is 1. The van der Waals surface area contributed by atoms with Gasteiger partial charge in [-0.05, 0) is 92.9 Å². The molecule has 3 saturated heterocycles. The molecule has 46 heavy (non-hydrogen) atoms. The predicted octanol–water partition coefficient (Wildman–Crippen LogP) is 5.76. The Morgan fingerprint density at radius 1 is 1.09 bits per heavy atom. The number of nitrogens with zero attached hydrogens (tertiary/aromatic N) is 5. The van der Waals surface area contributed by atoms with Crippen LogP contribution in [0.4, 0.5) is 14.6 Å². The van der Waals surface area contributed by atoms with E-state index in [1.807, 2.05) is 11.8 Å². The van der Waals surface area contributed by atoms with Crippen LogP contribution in [0.5, 0.6) is 11.8 Å². The monoisotopic (exact) mass is 633 g/mol. The molecule has 9 nitrogen and oxygen atoms in total. The molecule has 2 aromatic heterocycles. The summed E-state index contributed by atoms with van der Waals surface area (Å²) in [7, 11) is 1.73. The number of benzene rings is 2. The summed E-state index contributed by atoms with van der Waals surface area (Å²) < 4.78 is 43.7. The highest BCUT2D eigenvalue weighted by molar-refractivity contribution is 6.01. The number of hydrogen-bond donors (Lipinski definition) is 2. The zero-order chi connectivity index (χ0) is 32.2. The summed E-state index contributed by atoms with van der Waals surface area (Å²) in [4.78, 5) is 18.4. The van der Waals surface area contributed by atoms with Gasteiger partial charge in [0.2, 0.25) is 0 Å². The third-order valence-electron chi connectivity index (χ3n) is 10.2. The number of rotatable bonds is 8. The molecule has 7 rings (SSSR count). The van der Waals surface area contributed by atoms with Gasteiger partial charge in [-0.2, -0.15) is 9.97 Å². The lowest BCUT2D eigenvalue weighted by atomic mass is 9.94. The molecule has 5 heterocycles. The Hall–Kier alpha value is -3.67. The molecule has 11 heteroatoms. The normalized spacial score (nSPS) is 25.1. The molecule has 3 atom stereocenters. The smallest absolute Gasteiger partial charge is 0.319 e. The number of aryl methyl sites for hydroxylation is 1. The fraction of sp³-hybridized carbons (Fsp3) is 0.514. The second kappa shape index (κ2) is 11.8. The first-order chi connectivity index (χ1) is 22.1. The number of methoxy groups -OCH3 is 1. The molecule has 0 aliphatic carbocycles. The van der Waals surface area contributed by atoms with Crippen molar-refractivity contribution in [3.8, 4) is 23.0 Å². The van der Waals surface area contributed by atoms with E-state index in [1.165, 1.54) is 24.4 Å². The van der Waals surface area contributed by atoms with Gasteiger partial charge >= 0.3 is 6.01 Å². The molecule has 3 fully saturated rings. The molecule has 0 amide bonds. The van der Waals surface area contributed by atoms with E-state index >= 15 is 4.39 Å². The Kier molecular flexibility index (Phi) is 7.97. The van der Waals surface area contributed by atoms with Crippen LogP contribution < -0.4 is 9.64 Å². The number of phenolic OH excluding ortho intramolecular Hbond substituents is 1. The Morgan fingerprint density at radius 3 is 2.70 bits per heavy atom. The van der Waals surface area contributed by atoms with Crippen LogP contribution in [0.2, 0.25) is 0 Å². The minimum Gasteiger partial charge on any atom is -0.508 e. The zero-order valence-electron chi connectivity index (χ0n) is 26.7. The molecular weight excluding hydrogens is 592 g/mol. The summed E-state index contributed by atoms with van der Waals surface area (Å²) in [5.41, 5.74) is -0.420. The predicted molar refractivity (Wildman–Crippen MR) is 172 cm³/mol. The second-order valence-corrected chi connectivity index (χ2v) is 13.5. The lowest BCUT2D eigenvalue weighted by molar-refractivity contribution is 0.0445. The van der Waals surface area contributed by atoms with Crippen LogP contribution in [0.25, 0.3) is 32.9 Å². The van der Waals surface area contributed by atoms with E-state index in [0.717, 1.165) is 38.6 Å². The average Bonchev–Trinajstić information content (AvgIpc) is 3.59. The van der Waals surface area contributed by atoms with Crippen molar-refractivity contribution in [2.24, 2.45) is 0 Å². The number of ether oxygens (including phenoxy) is 2. The van der Waals surface area contributed by atoms with E-state index in [0.29, 0.717) is 72.7 Å². The quantitative estimate of drug-likeness (QED) is 0.251. The Bertz CT molecular complexity index is 1800. The number of piperidine rings is 1. The van der Waals surface area contributed by atoms with Crippen LogP contribution in [0.15, 0.2) is 30.5 Å². The first kappa shape index (κ1) is 31.0. The van der Waals surface area contributed by atoms with E-state index in [-0.39, 0.29) is 34.1 Å². The maximum Gasteiger partial charge on any atom is 0.319 e. The van der Waals surface area contributed by atoms with Gasteiger partial charge in [-0.15, -0.1) is 0 Å². The molecule has 4 aromatic rings. The molecule has 3 aliphatic rings. The van der Waals surface area contributed by atoms with Crippen molar-refractivity contribution in [2.75, 3.05) is 44.9 Å². The number of aromatic nitrogens is 3. The van der Waals surface area contributed by atoms with Gasteiger partial charge in [-0.3, -0.25) is 9.88 Å². The summed E-state index contributed by atoms with van der Waals surface area (Å²) in [6, 6.07) is 6.28. The van der Waals surface area contributed by atoms with Crippen LogP contribution in [0, 0.1) is 11.6 Å². The highest BCUT2D eigenvalue weighted by Crippen LogP contribution is 2.43. The Labute approximate surface area is 267 Å². The van der Waals surface area contributed by atoms with E-state index < -0.39 is 17.2 Å². The maximum atomic E-state index is 16.8. The zero-order valence-corrected chi connectivity index (χ0v) is 26.7. The van der Waals surface area contributed by atoms with Gasteiger partial charge in [0, 0.05) is 38.0 Å². The molecule has 0 saturated carbocycles. The van der Waals surface area contributed by atoms with E-state index in [4.69, 9.17) is 14.5 Å². The topological polar surface area (TPSA) is 104 Å². The van der Waals surface area contributed by atoms with Crippen molar-refractivity contribution in [3.05, 3.63) is 47.7 Å². The molecule has 2 aromatic carbocycles. The fourth-order valence-electron chi connectivity index (χ4n) is 8.13. The van der Waals surface area contributed by atoms with Crippen molar-refractivity contribution >= 4 is 27.5 Å². The third kappa shape index (κ3) is 5.32. The Morgan fingerprint density at radius 2 is 1.91 bits per heavy atom. The third-order valence-corrected chi connectivity index (χ3v) is 10.2. The van der Waals surface area contributed by atoms with Gasteiger partial charge in [0.1, 0.15) is 35.2 Å². The van der Waals surface area contributed by atoms with Gasteiger partial charge < -0.3 is 24.6 Å². The van der Waals surface area contributed by atoms with E-state index in [1.54, 1.807) is 20.1 Å². The van der Waals surface area contributed by atoms with Crippen LogP contribution in [-0.4, -0.2) is 87.2 Å². The average molecular weight is 634 g/mol. The number of aliphatic hydroxyl groups is 1. The number of aromatic hydroxyl groups is 1. The Balaban J connectivity index is 1.35. The first-order valence-corrected chi connectivity index (χ1v) is 16.3. The minimum atomic E-state index is -0.937. The number of pyridine rings is 1. The standard InChI is InChI=1S/C35H41F2N5O4/c1-4-24-27(36)8-7-21-15-23(43)16-25(28(21)24)30-29(37)31-26(17-38-30)32(41-13-5-10-34(2,44)19-41)40-33(39-31)46-20-35-11-6-14-42(35)22(9-12-35)18-45-3/h7-8,15-17,22,43-44H,4-6,9-14,18-20H2,1-3H3/t22-,34-,35-/m1/s1. The molecule has 0 bridgehead atoms. The highest BCUT2D eigenvalue weighted by atomic mass is 19.1. The van der Waals surface area contributed by atoms with Crippen LogP contribution in [0.3, 0.4) is 0 Å². The summed E-state index contributed by atoms with van der Waals surface area (Å²) >= 11 is 0. The molecular formula is C35H41F2N5O4. The summed E-state index contributed by atoms with van der Waals surface area (Å²) in [5.74, 6) is -0.747. The lowest BCUT2D eigenvalue weighted by Crippen LogP contribution is -2.48. The lowest BCUT2D eigenvalue weighted by Gasteiger charge is -2.38. The van der Waals surface area contributed by atoms with Crippen molar-refractivity contribution in [1.29, 1.82) is 0 Å². The number of fused-ring (bicyclic) bond motifs is 3. The van der Waals surface area contributed by atoms with Crippen LogP contribution in [-0.2, 0) is 11.2 Å². The molecule has 3 aliphatic heterocycles.